The van der Waals surface area contributed by atoms with Crippen molar-refractivity contribution in [2.45, 2.75) is 31.6 Å². The van der Waals surface area contributed by atoms with Crippen molar-refractivity contribution in [2.24, 2.45) is 10.9 Å². The van der Waals surface area contributed by atoms with Crippen LogP contribution in [-0.4, -0.2) is 87.6 Å². The number of rotatable bonds is 7. The van der Waals surface area contributed by atoms with Crippen molar-refractivity contribution in [1.82, 2.24) is 15.1 Å². The van der Waals surface area contributed by atoms with E-state index in [9.17, 15) is 9.59 Å². The number of likely N-dealkylation sites (N-methyl/N-ethyl adjacent to an activating group) is 1. The Hall–Kier alpha value is -2.61. The Morgan fingerprint density at radius 2 is 2.16 bits per heavy atom. The van der Waals surface area contributed by atoms with Crippen LogP contribution in [-0.2, 0) is 14.3 Å². The quantitative estimate of drug-likeness (QED) is 0.515. The number of ether oxygens (including phenoxy) is 1. The molecule has 3 aliphatic rings. The van der Waals surface area contributed by atoms with E-state index >= 15 is 0 Å². The Morgan fingerprint density at radius 3 is 2.88 bits per heavy atom. The molecule has 0 saturated carbocycles. The van der Waals surface area contributed by atoms with Gasteiger partial charge in [-0.1, -0.05) is 18.2 Å². The topological polar surface area (TPSA) is 77.5 Å². The molecule has 174 valence electrons. The number of fused-ring (bicyclic) bond motifs is 1. The lowest BCUT2D eigenvalue weighted by Crippen LogP contribution is -2.44. The van der Waals surface area contributed by atoms with Crippen LogP contribution in [0.4, 0.5) is 5.69 Å². The highest BCUT2D eigenvalue weighted by Crippen LogP contribution is 2.38. The Bertz CT molecular complexity index is 850. The molecule has 2 unspecified atom stereocenters. The minimum Gasteiger partial charge on any atom is -0.381 e. The van der Waals surface area contributed by atoms with Crippen molar-refractivity contribution >= 4 is 23.5 Å². The first-order chi connectivity index (χ1) is 15.5. The van der Waals surface area contributed by atoms with Gasteiger partial charge in [-0.15, -0.1) is 0 Å². The summed E-state index contributed by atoms with van der Waals surface area (Å²) in [5.74, 6) is 1.79. The summed E-state index contributed by atoms with van der Waals surface area (Å²) < 4.78 is 5.52. The fourth-order valence-electron chi connectivity index (χ4n) is 4.70. The van der Waals surface area contributed by atoms with E-state index in [4.69, 9.17) is 9.73 Å². The summed E-state index contributed by atoms with van der Waals surface area (Å²) in [6.07, 6.45) is 3.62. The van der Waals surface area contributed by atoms with E-state index in [1.54, 1.807) is 19.0 Å². The number of hydrogen-bond acceptors (Lipinski definition) is 4. The maximum Gasteiger partial charge on any atom is 0.243 e. The Morgan fingerprint density at radius 1 is 1.31 bits per heavy atom. The average molecular weight is 442 g/mol. The molecule has 1 aromatic carbocycles. The minimum absolute atomic E-state index is 0.0231. The first kappa shape index (κ1) is 22.6. The molecule has 0 radical (unpaired) electrons. The number of para-hydroxylation sites is 1. The summed E-state index contributed by atoms with van der Waals surface area (Å²) >= 11 is 0. The lowest BCUT2D eigenvalue weighted by atomic mass is 9.98. The normalized spacial score (nSPS) is 23.1. The first-order valence-corrected chi connectivity index (χ1v) is 11.7. The van der Waals surface area contributed by atoms with Gasteiger partial charge in [0, 0.05) is 70.8 Å². The van der Waals surface area contributed by atoms with Crippen LogP contribution in [0.3, 0.4) is 0 Å². The second-order valence-corrected chi connectivity index (χ2v) is 9.18. The number of carbonyl (C=O) groups excluding carboxylic acids is 2. The second kappa shape index (κ2) is 10.3. The number of anilines is 1. The Labute approximate surface area is 190 Å². The van der Waals surface area contributed by atoms with Gasteiger partial charge in [0.2, 0.25) is 11.8 Å². The lowest BCUT2D eigenvalue weighted by Gasteiger charge is -2.25. The van der Waals surface area contributed by atoms with Gasteiger partial charge < -0.3 is 24.8 Å². The molecule has 1 aromatic rings. The van der Waals surface area contributed by atoms with Gasteiger partial charge in [0.15, 0.2) is 5.96 Å². The monoisotopic (exact) mass is 441 g/mol. The molecule has 0 spiro atoms. The van der Waals surface area contributed by atoms with Gasteiger partial charge in [0.05, 0.1) is 6.61 Å². The number of likely N-dealkylation sites (tertiary alicyclic amines) is 1. The molecule has 2 fully saturated rings. The van der Waals surface area contributed by atoms with E-state index in [1.165, 1.54) is 5.56 Å². The highest BCUT2D eigenvalue weighted by atomic mass is 16.5. The van der Waals surface area contributed by atoms with Crippen LogP contribution < -0.4 is 10.2 Å². The van der Waals surface area contributed by atoms with E-state index in [0.717, 1.165) is 70.3 Å². The van der Waals surface area contributed by atoms with Crippen LogP contribution >= 0.6 is 0 Å². The second-order valence-electron chi connectivity index (χ2n) is 9.18. The van der Waals surface area contributed by atoms with Crippen molar-refractivity contribution in [3.63, 3.8) is 0 Å². The number of carbonyl (C=O) groups is 2. The summed E-state index contributed by atoms with van der Waals surface area (Å²) in [7, 11) is 3.50. The summed E-state index contributed by atoms with van der Waals surface area (Å²) in [5.41, 5.74) is 2.42. The number of hydrogen-bond donors (Lipinski definition) is 1. The third-order valence-electron chi connectivity index (χ3n) is 6.68. The lowest BCUT2D eigenvalue weighted by molar-refractivity contribution is -0.128. The number of nitrogens with zero attached hydrogens (tertiary/aromatic N) is 4. The third-order valence-corrected chi connectivity index (χ3v) is 6.68. The summed E-state index contributed by atoms with van der Waals surface area (Å²) in [6.45, 7) is 4.93. The van der Waals surface area contributed by atoms with Crippen molar-refractivity contribution < 1.29 is 14.3 Å². The minimum atomic E-state index is -0.0231. The maximum absolute atomic E-state index is 12.2. The number of guanidine groups is 1. The third kappa shape index (κ3) is 5.23. The molecule has 3 aliphatic heterocycles. The van der Waals surface area contributed by atoms with Crippen LogP contribution in [0.5, 0.6) is 0 Å². The van der Waals surface area contributed by atoms with E-state index in [0.29, 0.717) is 18.3 Å². The number of amides is 2. The zero-order valence-electron chi connectivity index (χ0n) is 19.3. The fraction of sp³-hybridized carbons (Fsp3) is 0.625. The highest BCUT2D eigenvalue weighted by molar-refractivity contribution is 5.99. The molecule has 0 aromatic heterocycles. The molecule has 32 heavy (non-hydrogen) atoms. The Kier molecular flexibility index (Phi) is 7.29. The molecule has 1 N–H and O–H groups in total. The maximum atomic E-state index is 12.2. The van der Waals surface area contributed by atoms with E-state index < -0.39 is 0 Å². The zero-order valence-corrected chi connectivity index (χ0v) is 19.3. The summed E-state index contributed by atoms with van der Waals surface area (Å²) in [6, 6.07) is 8.43. The number of nitrogens with one attached hydrogen (secondary N) is 1. The van der Waals surface area contributed by atoms with E-state index in [1.807, 2.05) is 11.0 Å². The molecule has 2 amide bonds. The van der Waals surface area contributed by atoms with Crippen LogP contribution in [0, 0.1) is 5.92 Å². The molecule has 4 rings (SSSR count). The molecular weight excluding hydrogens is 406 g/mol. The largest absolute Gasteiger partial charge is 0.381 e. The molecule has 2 saturated heterocycles. The van der Waals surface area contributed by atoms with Crippen LogP contribution in [0.25, 0.3) is 0 Å². The smallest absolute Gasteiger partial charge is 0.243 e. The van der Waals surface area contributed by atoms with Crippen molar-refractivity contribution in [2.75, 3.05) is 64.9 Å². The standard InChI is InChI=1S/C24H35N5O3/c1-27(2)23(31)15-26-24(25-14-18-10-13-32-17-18)29-16-19(20-6-3-4-7-21(20)29)9-12-28-11-5-8-22(28)30/h3-4,6-7,18-19H,5,8-17H2,1-2H3,(H,25,26). The average Bonchev–Trinajstić information content (AvgIpc) is 3.53. The van der Waals surface area contributed by atoms with Gasteiger partial charge >= 0.3 is 0 Å². The summed E-state index contributed by atoms with van der Waals surface area (Å²) in [4.78, 5) is 34.8. The van der Waals surface area contributed by atoms with E-state index in [2.05, 4.69) is 28.4 Å². The van der Waals surface area contributed by atoms with Crippen LogP contribution in [0.15, 0.2) is 29.3 Å². The zero-order chi connectivity index (χ0) is 22.5. The van der Waals surface area contributed by atoms with Gasteiger partial charge in [-0.2, -0.15) is 0 Å². The van der Waals surface area contributed by atoms with E-state index in [-0.39, 0.29) is 18.4 Å². The molecule has 0 aliphatic carbocycles. The van der Waals surface area contributed by atoms with Crippen molar-refractivity contribution in [3.8, 4) is 0 Å². The van der Waals surface area contributed by atoms with Crippen LogP contribution in [0.1, 0.15) is 37.2 Å². The SMILES string of the molecule is CN(C)C(=O)CN=C(NCC1CCOC1)N1CC(CCN2CCCC2=O)c2ccccc21. The predicted molar refractivity (Wildman–Crippen MR) is 125 cm³/mol. The van der Waals surface area contributed by atoms with Gasteiger partial charge in [0.25, 0.3) is 0 Å². The number of aliphatic imine (C=N–C) groups is 1. The molecule has 3 heterocycles. The molecule has 8 nitrogen and oxygen atoms in total. The molecular formula is C24H35N5O3. The molecule has 0 bridgehead atoms. The van der Waals surface area contributed by atoms with Gasteiger partial charge in [-0.25, -0.2) is 4.99 Å². The number of benzene rings is 1. The highest BCUT2D eigenvalue weighted by Gasteiger charge is 2.32. The van der Waals surface area contributed by atoms with Crippen molar-refractivity contribution in [3.05, 3.63) is 29.8 Å². The predicted octanol–water partition coefficient (Wildman–Crippen LogP) is 1.67. The molecule has 2 atom stereocenters. The van der Waals surface area contributed by atoms with Gasteiger partial charge in [-0.3, -0.25) is 9.59 Å². The fourth-order valence-corrected chi connectivity index (χ4v) is 4.70. The van der Waals surface area contributed by atoms with Gasteiger partial charge in [-0.05, 0) is 30.9 Å². The van der Waals surface area contributed by atoms with Gasteiger partial charge in [0.1, 0.15) is 6.54 Å². The summed E-state index contributed by atoms with van der Waals surface area (Å²) in [5, 5.41) is 3.52. The first-order valence-electron chi connectivity index (χ1n) is 11.7. The Balaban J connectivity index is 1.50. The van der Waals surface area contributed by atoms with Crippen LogP contribution in [0.2, 0.25) is 0 Å². The molecule has 8 heteroatoms. The van der Waals surface area contributed by atoms with Crippen molar-refractivity contribution in [1.29, 1.82) is 0 Å².